The highest BCUT2D eigenvalue weighted by Crippen LogP contribution is 2.20. The zero-order valence-corrected chi connectivity index (χ0v) is 12.7. The Bertz CT molecular complexity index is 731. The van der Waals surface area contributed by atoms with Crippen LogP contribution in [0.1, 0.15) is 30.4 Å². The molecule has 0 spiro atoms. The van der Waals surface area contributed by atoms with E-state index in [1.54, 1.807) is 19.2 Å². The summed E-state index contributed by atoms with van der Waals surface area (Å²) in [6, 6.07) is 1.64. The molecular weight excluding hydrogens is 286 g/mol. The molecule has 2 aromatic heterocycles. The van der Waals surface area contributed by atoms with Crippen molar-refractivity contribution in [1.82, 2.24) is 14.9 Å². The van der Waals surface area contributed by atoms with E-state index in [0.29, 0.717) is 18.0 Å². The van der Waals surface area contributed by atoms with Crippen molar-refractivity contribution in [3.63, 3.8) is 0 Å². The Balaban J connectivity index is 1.66. The van der Waals surface area contributed by atoms with Gasteiger partial charge in [0, 0.05) is 30.3 Å². The summed E-state index contributed by atoms with van der Waals surface area (Å²) in [4.78, 5) is 17.4. The van der Waals surface area contributed by atoms with E-state index in [-0.39, 0.29) is 5.91 Å². The molecule has 116 valence electrons. The first-order chi connectivity index (χ1) is 10.6. The largest absolute Gasteiger partial charge is 0.382 e. The molecule has 1 aliphatic heterocycles. The Morgan fingerprint density at radius 2 is 2.32 bits per heavy atom. The lowest BCUT2D eigenvalue weighted by Gasteiger charge is -2.06. The van der Waals surface area contributed by atoms with Crippen LogP contribution in [0, 0.1) is 13.8 Å². The van der Waals surface area contributed by atoms with Gasteiger partial charge >= 0.3 is 0 Å². The van der Waals surface area contributed by atoms with Gasteiger partial charge in [-0.25, -0.2) is 0 Å². The molecular formula is C14H17N5O3. The van der Waals surface area contributed by atoms with E-state index in [2.05, 4.69) is 20.7 Å². The molecule has 0 aliphatic carbocycles. The summed E-state index contributed by atoms with van der Waals surface area (Å²) < 4.78 is 6.78. The number of hydrogen-bond acceptors (Lipinski definition) is 6. The first-order valence-electron chi connectivity index (χ1n) is 7.08. The molecule has 1 amide bonds. The van der Waals surface area contributed by atoms with Crippen LogP contribution < -0.4 is 5.32 Å². The van der Waals surface area contributed by atoms with Crippen LogP contribution in [0.3, 0.4) is 0 Å². The fraction of sp³-hybridized carbons (Fsp3) is 0.429. The molecule has 2 aromatic rings. The summed E-state index contributed by atoms with van der Waals surface area (Å²) in [5.74, 6) is 0.698. The molecule has 0 fully saturated rings. The van der Waals surface area contributed by atoms with Crippen molar-refractivity contribution in [3.05, 3.63) is 29.3 Å². The molecule has 0 aromatic carbocycles. The minimum Gasteiger partial charge on any atom is -0.382 e. The number of carbonyl (C=O) groups is 1. The zero-order valence-electron chi connectivity index (χ0n) is 12.7. The SMILES string of the molecule is CCn1ncc(C2=NO[C@@H](C(=O)Nc3cc(C)on3)C2)c1C. The van der Waals surface area contributed by atoms with E-state index in [9.17, 15) is 4.79 Å². The van der Waals surface area contributed by atoms with Crippen molar-refractivity contribution >= 4 is 17.4 Å². The molecule has 22 heavy (non-hydrogen) atoms. The number of oxime groups is 1. The van der Waals surface area contributed by atoms with E-state index in [0.717, 1.165) is 23.5 Å². The number of anilines is 1. The van der Waals surface area contributed by atoms with Crippen LogP contribution in [0.4, 0.5) is 5.82 Å². The maximum absolute atomic E-state index is 12.1. The first kappa shape index (κ1) is 14.3. The average Bonchev–Trinajstić information content (AvgIpc) is 3.19. The third kappa shape index (κ3) is 2.59. The van der Waals surface area contributed by atoms with Crippen molar-refractivity contribution in [3.8, 4) is 0 Å². The molecule has 3 heterocycles. The highest BCUT2D eigenvalue weighted by molar-refractivity contribution is 6.06. The lowest BCUT2D eigenvalue weighted by Crippen LogP contribution is -2.28. The second kappa shape index (κ2) is 5.63. The molecule has 1 aliphatic rings. The molecule has 3 rings (SSSR count). The summed E-state index contributed by atoms with van der Waals surface area (Å²) >= 11 is 0. The van der Waals surface area contributed by atoms with Crippen molar-refractivity contribution in [2.24, 2.45) is 5.16 Å². The number of aromatic nitrogens is 3. The van der Waals surface area contributed by atoms with Gasteiger partial charge in [-0.15, -0.1) is 0 Å². The van der Waals surface area contributed by atoms with Crippen LogP contribution in [0.2, 0.25) is 0 Å². The number of hydrogen-bond donors (Lipinski definition) is 1. The van der Waals surface area contributed by atoms with Crippen molar-refractivity contribution in [2.45, 2.75) is 39.8 Å². The standard InChI is InChI=1S/C14H17N5O3/c1-4-19-9(3)10(7-15-19)11-6-12(22-17-11)14(20)16-13-5-8(2)21-18-13/h5,7,12H,4,6H2,1-3H3,(H,16,18,20)/t12-/m1/s1. The molecule has 8 nitrogen and oxygen atoms in total. The molecule has 0 saturated heterocycles. The van der Waals surface area contributed by atoms with Gasteiger partial charge in [-0.2, -0.15) is 5.10 Å². The van der Waals surface area contributed by atoms with Gasteiger partial charge in [-0.05, 0) is 20.8 Å². The van der Waals surface area contributed by atoms with Gasteiger partial charge < -0.3 is 14.7 Å². The lowest BCUT2D eigenvalue weighted by atomic mass is 10.1. The lowest BCUT2D eigenvalue weighted by molar-refractivity contribution is -0.125. The number of amides is 1. The summed E-state index contributed by atoms with van der Waals surface area (Å²) in [7, 11) is 0. The average molecular weight is 303 g/mol. The van der Waals surface area contributed by atoms with E-state index in [1.807, 2.05) is 18.5 Å². The van der Waals surface area contributed by atoms with Gasteiger partial charge in [0.1, 0.15) is 5.76 Å². The van der Waals surface area contributed by atoms with Crippen molar-refractivity contribution < 1.29 is 14.2 Å². The smallest absolute Gasteiger partial charge is 0.269 e. The van der Waals surface area contributed by atoms with Crippen molar-refractivity contribution in [1.29, 1.82) is 0 Å². The van der Waals surface area contributed by atoms with E-state index in [1.165, 1.54) is 0 Å². The Morgan fingerprint density at radius 1 is 1.50 bits per heavy atom. The summed E-state index contributed by atoms with van der Waals surface area (Å²) in [5.41, 5.74) is 2.65. The summed E-state index contributed by atoms with van der Waals surface area (Å²) in [6.45, 7) is 6.53. The minimum atomic E-state index is -0.670. The van der Waals surface area contributed by atoms with Crippen LogP contribution in [-0.2, 0) is 16.2 Å². The van der Waals surface area contributed by atoms with Crippen LogP contribution >= 0.6 is 0 Å². The highest BCUT2D eigenvalue weighted by Gasteiger charge is 2.30. The fourth-order valence-electron chi connectivity index (χ4n) is 2.36. The highest BCUT2D eigenvalue weighted by atomic mass is 16.6. The topological polar surface area (TPSA) is 94.5 Å². The number of aryl methyl sites for hydroxylation is 2. The molecule has 8 heteroatoms. The monoisotopic (exact) mass is 303 g/mol. The van der Waals surface area contributed by atoms with Crippen LogP contribution in [0.15, 0.2) is 21.9 Å². The van der Waals surface area contributed by atoms with E-state index >= 15 is 0 Å². The Morgan fingerprint density at radius 3 is 2.95 bits per heavy atom. The molecule has 0 unspecified atom stereocenters. The van der Waals surface area contributed by atoms with Gasteiger partial charge in [-0.3, -0.25) is 9.48 Å². The van der Waals surface area contributed by atoms with E-state index < -0.39 is 6.10 Å². The van der Waals surface area contributed by atoms with Crippen LogP contribution in [0.5, 0.6) is 0 Å². The molecule has 1 atom stereocenters. The third-order valence-corrected chi connectivity index (χ3v) is 3.55. The van der Waals surface area contributed by atoms with Gasteiger partial charge in [-0.1, -0.05) is 10.3 Å². The molecule has 0 saturated carbocycles. The fourth-order valence-corrected chi connectivity index (χ4v) is 2.36. The van der Waals surface area contributed by atoms with Gasteiger partial charge in [0.15, 0.2) is 5.82 Å². The van der Waals surface area contributed by atoms with Gasteiger partial charge in [0.05, 0.1) is 11.9 Å². The molecule has 0 radical (unpaired) electrons. The summed E-state index contributed by atoms with van der Waals surface area (Å²) in [5, 5.41) is 14.7. The predicted octanol–water partition coefficient (Wildman–Crippen LogP) is 1.64. The molecule has 0 bridgehead atoms. The maximum atomic E-state index is 12.1. The zero-order chi connectivity index (χ0) is 15.7. The van der Waals surface area contributed by atoms with Gasteiger partial charge in [0.2, 0.25) is 6.10 Å². The number of rotatable bonds is 4. The van der Waals surface area contributed by atoms with Crippen molar-refractivity contribution in [2.75, 3.05) is 5.32 Å². The number of nitrogens with zero attached hydrogens (tertiary/aromatic N) is 4. The third-order valence-electron chi connectivity index (χ3n) is 3.55. The number of carbonyl (C=O) groups excluding carboxylic acids is 1. The van der Waals surface area contributed by atoms with Crippen LogP contribution in [0.25, 0.3) is 0 Å². The second-order valence-corrected chi connectivity index (χ2v) is 5.11. The minimum absolute atomic E-state index is 0.299. The Labute approximate surface area is 127 Å². The normalized spacial score (nSPS) is 17.2. The second-order valence-electron chi connectivity index (χ2n) is 5.11. The summed E-state index contributed by atoms with van der Waals surface area (Å²) in [6.07, 6.45) is 1.48. The first-order valence-corrected chi connectivity index (χ1v) is 7.08. The maximum Gasteiger partial charge on any atom is 0.269 e. The quantitative estimate of drug-likeness (QED) is 0.926. The van der Waals surface area contributed by atoms with Crippen LogP contribution in [-0.4, -0.2) is 32.7 Å². The van der Waals surface area contributed by atoms with Gasteiger partial charge in [0.25, 0.3) is 5.91 Å². The number of nitrogens with one attached hydrogen (secondary N) is 1. The van der Waals surface area contributed by atoms with E-state index in [4.69, 9.17) is 9.36 Å². The Hall–Kier alpha value is -2.64. The predicted molar refractivity (Wildman–Crippen MR) is 78.5 cm³/mol. The Kier molecular flexibility index (Phi) is 3.66. The molecule has 1 N–H and O–H groups in total.